The monoisotopic (exact) mass is 285 g/mol. The van der Waals surface area contributed by atoms with Gasteiger partial charge in [-0.25, -0.2) is 13.1 Å². The maximum atomic E-state index is 11.8. The summed E-state index contributed by atoms with van der Waals surface area (Å²) in [6.07, 6.45) is 2.36. The van der Waals surface area contributed by atoms with E-state index in [1.54, 1.807) is 45.3 Å². The molecule has 0 aliphatic heterocycles. The van der Waals surface area contributed by atoms with Gasteiger partial charge in [-0.3, -0.25) is 0 Å². The van der Waals surface area contributed by atoms with E-state index in [4.69, 9.17) is 4.74 Å². The molecule has 0 aliphatic rings. The molecule has 7 heteroatoms. The molecular formula is C12H19N3O3S. The smallest absolute Gasteiger partial charge is 0.415 e. The van der Waals surface area contributed by atoms with Gasteiger partial charge in [0.25, 0.3) is 0 Å². The molecule has 0 bridgehead atoms. The number of carbonyl (C=O) groups excluding carboxylic acids is 1. The van der Waals surface area contributed by atoms with Crippen LogP contribution in [-0.4, -0.2) is 25.8 Å². The Morgan fingerprint density at radius 2 is 1.84 bits per heavy atom. The average molecular weight is 285 g/mol. The molecule has 0 spiro atoms. The molecule has 0 saturated heterocycles. The Morgan fingerprint density at radius 1 is 1.32 bits per heavy atom. The standard InChI is InChI=1S/C12H19N3O3S/c1-12(2,3)18-11(16)13-19(17)15-8-6-10(7-9-15)14(4)5/h6-9H,1-5H3. The first kappa shape index (κ1) is 15.4. The Morgan fingerprint density at radius 3 is 2.26 bits per heavy atom. The molecule has 1 rings (SSSR count). The van der Waals surface area contributed by atoms with Crippen LogP contribution in [0, 0.1) is 0 Å². The SMILES string of the molecule is CN(C)c1cc[n+]([S-](=O)=NC(=O)OC(C)(C)C)cc1. The summed E-state index contributed by atoms with van der Waals surface area (Å²) in [6, 6.07) is 3.56. The highest BCUT2D eigenvalue weighted by atomic mass is 32.2. The summed E-state index contributed by atoms with van der Waals surface area (Å²) in [4.78, 5) is 13.3. The Balaban J connectivity index is 2.85. The van der Waals surface area contributed by atoms with Crippen molar-refractivity contribution in [2.75, 3.05) is 19.0 Å². The van der Waals surface area contributed by atoms with Crippen molar-refractivity contribution in [1.29, 1.82) is 0 Å². The van der Waals surface area contributed by atoms with Crippen molar-refractivity contribution in [3.8, 4) is 0 Å². The summed E-state index contributed by atoms with van der Waals surface area (Å²) in [7, 11) is 1.99. The highest BCUT2D eigenvalue weighted by Gasteiger charge is 2.14. The van der Waals surface area contributed by atoms with Crippen molar-refractivity contribution < 1.29 is 17.7 Å². The minimum Gasteiger partial charge on any atom is -0.444 e. The minimum atomic E-state index is -1.82. The van der Waals surface area contributed by atoms with Crippen LogP contribution in [0.25, 0.3) is 0 Å². The molecule has 106 valence electrons. The Kier molecular flexibility index (Phi) is 4.88. The van der Waals surface area contributed by atoms with E-state index in [2.05, 4.69) is 4.36 Å². The fourth-order valence-corrected chi connectivity index (χ4v) is 1.79. The van der Waals surface area contributed by atoms with Gasteiger partial charge in [0, 0.05) is 31.9 Å². The molecule has 0 unspecified atom stereocenters. The molecule has 0 radical (unpaired) electrons. The van der Waals surface area contributed by atoms with E-state index in [9.17, 15) is 9.00 Å². The number of carbonyl (C=O) groups is 1. The van der Waals surface area contributed by atoms with Crippen LogP contribution in [0.2, 0.25) is 0 Å². The van der Waals surface area contributed by atoms with Crippen LogP contribution in [0.5, 0.6) is 0 Å². The van der Waals surface area contributed by atoms with E-state index in [0.29, 0.717) is 0 Å². The summed E-state index contributed by atoms with van der Waals surface area (Å²) >= 11 is 0. The number of pyridine rings is 1. The predicted molar refractivity (Wildman–Crippen MR) is 73.1 cm³/mol. The number of hydrogen-bond acceptors (Lipinski definition) is 5. The van der Waals surface area contributed by atoms with E-state index in [0.717, 1.165) is 5.69 Å². The first-order chi connectivity index (χ1) is 8.69. The van der Waals surface area contributed by atoms with Gasteiger partial charge in [0.1, 0.15) is 5.60 Å². The van der Waals surface area contributed by atoms with Crippen molar-refractivity contribution in [3.05, 3.63) is 24.5 Å². The van der Waals surface area contributed by atoms with Gasteiger partial charge in [0.15, 0.2) is 12.4 Å². The largest absolute Gasteiger partial charge is 0.444 e. The molecule has 0 aliphatic carbocycles. The lowest BCUT2D eigenvalue weighted by Crippen LogP contribution is -2.32. The van der Waals surface area contributed by atoms with Gasteiger partial charge in [-0.2, -0.15) is 0 Å². The van der Waals surface area contributed by atoms with Crippen LogP contribution < -0.4 is 8.87 Å². The molecule has 0 N–H and O–H groups in total. The van der Waals surface area contributed by atoms with E-state index in [1.807, 2.05) is 19.0 Å². The molecule has 1 aromatic heterocycles. The summed E-state index contributed by atoms with van der Waals surface area (Å²) < 4.78 is 21.6. The van der Waals surface area contributed by atoms with Crippen molar-refractivity contribution in [1.82, 2.24) is 0 Å². The lowest BCUT2D eigenvalue weighted by atomic mass is 10.2. The third-order valence-corrected chi connectivity index (χ3v) is 2.94. The van der Waals surface area contributed by atoms with Crippen LogP contribution in [0.1, 0.15) is 20.8 Å². The second-order valence-electron chi connectivity index (χ2n) is 5.11. The third-order valence-electron chi connectivity index (χ3n) is 2.03. The summed E-state index contributed by atoms with van der Waals surface area (Å²) in [6.45, 7) is 5.17. The van der Waals surface area contributed by atoms with Crippen LogP contribution in [0.15, 0.2) is 28.9 Å². The fraction of sp³-hybridized carbons (Fsp3) is 0.500. The number of nitrogens with zero attached hydrogens (tertiary/aromatic N) is 3. The molecule has 0 saturated carbocycles. The number of anilines is 1. The van der Waals surface area contributed by atoms with Gasteiger partial charge in [0.2, 0.25) is 0 Å². The zero-order chi connectivity index (χ0) is 14.6. The zero-order valence-corrected chi connectivity index (χ0v) is 12.6. The van der Waals surface area contributed by atoms with Crippen LogP contribution in [-0.2, 0) is 19.7 Å². The zero-order valence-electron chi connectivity index (χ0n) is 11.8. The van der Waals surface area contributed by atoms with Crippen molar-refractivity contribution in [2.45, 2.75) is 26.4 Å². The van der Waals surface area contributed by atoms with E-state index < -0.39 is 22.5 Å². The molecule has 0 fully saturated rings. The van der Waals surface area contributed by atoms with Gasteiger partial charge >= 0.3 is 6.09 Å². The van der Waals surface area contributed by atoms with Gasteiger partial charge in [0.05, 0.1) is 10.8 Å². The van der Waals surface area contributed by atoms with Crippen LogP contribution in [0.4, 0.5) is 10.5 Å². The number of aromatic nitrogens is 1. The fourth-order valence-electron chi connectivity index (χ4n) is 1.20. The van der Waals surface area contributed by atoms with E-state index in [1.165, 1.54) is 3.97 Å². The quantitative estimate of drug-likeness (QED) is 0.615. The van der Waals surface area contributed by atoms with Crippen molar-refractivity contribution in [3.63, 3.8) is 0 Å². The summed E-state index contributed by atoms with van der Waals surface area (Å²) in [5.41, 5.74) is 0.315. The molecule has 0 atom stereocenters. The van der Waals surface area contributed by atoms with E-state index >= 15 is 0 Å². The molecule has 1 amide bonds. The maximum Gasteiger partial charge on any atom is 0.415 e. The first-order valence-electron chi connectivity index (χ1n) is 5.75. The average Bonchev–Trinajstić information content (AvgIpc) is 2.26. The maximum absolute atomic E-state index is 11.8. The molecular weight excluding hydrogens is 266 g/mol. The lowest BCUT2D eigenvalue weighted by Gasteiger charge is -2.17. The molecule has 1 aromatic rings. The number of ether oxygens (including phenoxy) is 1. The molecule has 19 heavy (non-hydrogen) atoms. The molecule has 1 heterocycles. The number of rotatable bonds is 2. The third kappa shape index (κ3) is 5.25. The topological polar surface area (TPSA) is 62.8 Å². The van der Waals surface area contributed by atoms with Gasteiger partial charge in [-0.05, 0) is 20.8 Å². The van der Waals surface area contributed by atoms with Crippen LogP contribution in [0.3, 0.4) is 0 Å². The number of amides is 1. The molecule has 6 nitrogen and oxygen atoms in total. The first-order valence-corrected chi connectivity index (χ1v) is 6.81. The Labute approximate surface area is 115 Å². The highest BCUT2D eigenvalue weighted by molar-refractivity contribution is 7.68. The highest BCUT2D eigenvalue weighted by Crippen LogP contribution is 2.08. The summed E-state index contributed by atoms with van der Waals surface area (Å²) in [5, 5.41) is 0. The van der Waals surface area contributed by atoms with Gasteiger partial charge < -0.3 is 13.8 Å². The van der Waals surface area contributed by atoms with E-state index in [-0.39, 0.29) is 0 Å². The lowest BCUT2D eigenvalue weighted by molar-refractivity contribution is -0.501. The Hall–Kier alpha value is -1.63. The summed E-state index contributed by atoms with van der Waals surface area (Å²) in [5.74, 6) is 0. The second kappa shape index (κ2) is 6.01. The van der Waals surface area contributed by atoms with Crippen LogP contribution >= 0.6 is 0 Å². The Bertz CT molecular complexity index is 526. The van der Waals surface area contributed by atoms with Gasteiger partial charge in [-0.15, -0.1) is 0 Å². The van der Waals surface area contributed by atoms with Gasteiger partial charge in [-0.1, -0.05) is 0 Å². The van der Waals surface area contributed by atoms with Crippen molar-refractivity contribution in [2.24, 2.45) is 4.36 Å². The molecule has 0 aromatic carbocycles. The van der Waals surface area contributed by atoms with Crippen molar-refractivity contribution >= 4 is 22.6 Å². The minimum absolute atomic E-state index is 0.649. The number of hydrogen-bond donors (Lipinski definition) is 0. The normalized spacial score (nSPS) is 13.1. The predicted octanol–water partition coefficient (Wildman–Crippen LogP) is 1.89. The second-order valence-corrected chi connectivity index (χ2v) is 6.18.